The molecule has 2 aliphatic rings. The van der Waals surface area contributed by atoms with Gasteiger partial charge in [0.2, 0.25) is 0 Å². The molecule has 1 aliphatic carbocycles. The molecule has 0 spiro atoms. The maximum Gasteiger partial charge on any atom is 0.0588 e. The zero-order valence-electron chi connectivity index (χ0n) is 27.1. The van der Waals surface area contributed by atoms with E-state index in [1.807, 2.05) is 23.5 Å². The van der Waals surface area contributed by atoms with Crippen LogP contribution in [0.4, 0.5) is 0 Å². The largest absolute Gasteiger partial charge is 0.309 e. The van der Waals surface area contributed by atoms with Crippen LogP contribution >= 0.6 is 23.5 Å². The third-order valence-corrected chi connectivity index (χ3v) is 13.3. The summed E-state index contributed by atoms with van der Waals surface area (Å²) in [6.07, 6.45) is 0. The van der Waals surface area contributed by atoms with E-state index in [2.05, 4.69) is 169 Å². The summed E-state index contributed by atoms with van der Waals surface area (Å²) in [5.74, 6) is 0. The van der Waals surface area contributed by atoms with Crippen LogP contribution in [0.5, 0.6) is 0 Å². The lowest BCUT2D eigenvalue weighted by Crippen LogP contribution is -2.17. The molecule has 4 heteroatoms. The van der Waals surface area contributed by atoms with Crippen LogP contribution in [0, 0.1) is 0 Å². The number of hydrogen-bond donors (Lipinski definition) is 0. The number of aromatic nitrogens is 2. The van der Waals surface area contributed by atoms with Gasteiger partial charge in [-0.05, 0) is 89.0 Å². The van der Waals surface area contributed by atoms with Crippen molar-refractivity contribution in [1.82, 2.24) is 9.13 Å². The van der Waals surface area contributed by atoms with E-state index < -0.39 is 0 Å². The van der Waals surface area contributed by atoms with E-state index in [1.54, 1.807) is 0 Å². The molecule has 2 nitrogen and oxygen atoms in total. The average Bonchev–Trinajstić information content (AvgIpc) is 3.73. The Morgan fingerprint density at radius 1 is 0.429 bits per heavy atom. The van der Waals surface area contributed by atoms with E-state index in [0.29, 0.717) is 0 Å². The van der Waals surface area contributed by atoms with Crippen LogP contribution in [-0.4, -0.2) is 9.13 Å². The van der Waals surface area contributed by atoms with Gasteiger partial charge in [0.25, 0.3) is 0 Å². The third-order valence-electron chi connectivity index (χ3n) is 10.7. The van der Waals surface area contributed by atoms with Gasteiger partial charge >= 0.3 is 0 Å². The molecule has 7 aromatic carbocycles. The fraction of sp³-hybridized carbons (Fsp3) is 0.0667. The van der Waals surface area contributed by atoms with E-state index in [-0.39, 0.29) is 5.41 Å². The third kappa shape index (κ3) is 3.76. The Bertz CT molecular complexity index is 2860. The molecule has 0 saturated heterocycles. The molecule has 1 aliphatic heterocycles. The summed E-state index contributed by atoms with van der Waals surface area (Å²) in [5, 5.41) is 5.13. The number of rotatable bonds is 2. The number of hydrogen-bond acceptors (Lipinski definition) is 2. The van der Waals surface area contributed by atoms with Crippen molar-refractivity contribution >= 4 is 67.1 Å². The van der Waals surface area contributed by atoms with Gasteiger partial charge < -0.3 is 9.13 Å². The first-order chi connectivity index (χ1) is 24.1. The molecule has 3 heterocycles. The lowest BCUT2D eigenvalue weighted by molar-refractivity contribution is 0.661. The van der Waals surface area contributed by atoms with Crippen LogP contribution in [0.3, 0.4) is 0 Å². The Morgan fingerprint density at radius 3 is 1.80 bits per heavy atom. The van der Waals surface area contributed by atoms with E-state index in [1.165, 1.54) is 96.8 Å². The lowest BCUT2D eigenvalue weighted by atomic mass is 9.81. The zero-order valence-corrected chi connectivity index (χ0v) is 28.7. The van der Waals surface area contributed by atoms with E-state index in [0.717, 1.165) is 0 Å². The summed E-state index contributed by atoms with van der Waals surface area (Å²) in [6.45, 7) is 4.85. The van der Waals surface area contributed by atoms with Crippen molar-refractivity contribution in [2.45, 2.75) is 38.8 Å². The highest BCUT2D eigenvalue weighted by Gasteiger charge is 2.40. The van der Waals surface area contributed by atoms with Crippen molar-refractivity contribution in [2.24, 2.45) is 0 Å². The minimum absolute atomic E-state index is 0.180. The summed E-state index contributed by atoms with van der Waals surface area (Å²) in [5.41, 5.74) is 12.7. The number of para-hydroxylation sites is 3. The van der Waals surface area contributed by atoms with Crippen molar-refractivity contribution in [2.75, 3.05) is 0 Å². The van der Waals surface area contributed by atoms with Gasteiger partial charge in [-0.2, -0.15) is 0 Å². The van der Waals surface area contributed by atoms with Gasteiger partial charge in [0.15, 0.2) is 0 Å². The molecule has 0 saturated carbocycles. The molecule has 0 bridgehead atoms. The van der Waals surface area contributed by atoms with Crippen LogP contribution < -0.4 is 0 Å². The molecular formula is C45H30N2S2. The molecule has 49 heavy (non-hydrogen) atoms. The molecule has 0 fully saturated rings. The minimum Gasteiger partial charge on any atom is -0.309 e. The molecule has 0 atom stereocenters. The molecule has 0 radical (unpaired) electrons. The second-order valence-corrected chi connectivity index (χ2v) is 15.9. The molecule has 232 valence electrons. The highest BCUT2D eigenvalue weighted by molar-refractivity contribution is 8.05. The highest BCUT2D eigenvalue weighted by Crippen LogP contribution is 2.57. The van der Waals surface area contributed by atoms with Crippen LogP contribution in [0.2, 0.25) is 0 Å². The van der Waals surface area contributed by atoms with Crippen molar-refractivity contribution in [1.29, 1.82) is 0 Å². The maximum absolute atomic E-state index is 2.55. The molecule has 0 N–H and O–H groups in total. The highest BCUT2D eigenvalue weighted by atomic mass is 32.2. The van der Waals surface area contributed by atoms with Crippen molar-refractivity contribution in [3.63, 3.8) is 0 Å². The Balaban J connectivity index is 1.19. The fourth-order valence-corrected chi connectivity index (χ4v) is 10.9. The normalized spacial score (nSPS) is 14.3. The average molecular weight is 663 g/mol. The first kappa shape index (κ1) is 27.8. The van der Waals surface area contributed by atoms with Gasteiger partial charge in [-0.3, -0.25) is 0 Å². The molecule has 2 aromatic heterocycles. The molecule has 11 rings (SSSR count). The van der Waals surface area contributed by atoms with Gasteiger partial charge in [0.1, 0.15) is 0 Å². The van der Waals surface area contributed by atoms with Gasteiger partial charge in [-0.1, -0.05) is 116 Å². The number of fused-ring (bicyclic) bond motifs is 12. The van der Waals surface area contributed by atoms with Crippen LogP contribution in [0.15, 0.2) is 165 Å². The quantitative estimate of drug-likeness (QED) is 0.182. The summed E-state index contributed by atoms with van der Waals surface area (Å²) in [6, 6.07) is 54.0. The van der Waals surface area contributed by atoms with Gasteiger partial charge in [-0.25, -0.2) is 0 Å². The fourth-order valence-electron chi connectivity index (χ4n) is 8.59. The first-order valence-corrected chi connectivity index (χ1v) is 18.5. The number of benzene rings is 7. The summed E-state index contributed by atoms with van der Waals surface area (Å²) in [7, 11) is 0. The Hall–Kier alpha value is -5.16. The Labute approximate surface area is 293 Å². The second kappa shape index (κ2) is 9.94. The zero-order chi connectivity index (χ0) is 32.4. The van der Waals surface area contributed by atoms with E-state index >= 15 is 0 Å². The van der Waals surface area contributed by atoms with Crippen LogP contribution in [-0.2, 0) is 5.41 Å². The maximum atomic E-state index is 2.55. The summed E-state index contributed by atoms with van der Waals surface area (Å²) < 4.78 is 4.94. The predicted molar refractivity (Wildman–Crippen MR) is 207 cm³/mol. The molecular weight excluding hydrogens is 633 g/mol. The second-order valence-electron chi connectivity index (χ2n) is 13.7. The minimum atomic E-state index is -0.180. The van der Waals surface area contributed by atoms with Gasteiger partial charge in [0, 0.05) is 57.9 Å². The molecule has 0 unspecified atom stereocenters. The van der Waals surface area contributed by atoms with E-state index in [9.17, 15) is 0 Å². The SMILES string of the molecule is CC1(C)c2cc3c(cc2-c2ccc4c5ccccc5n(-c5ccc6c(c5)c5ccccc5n6-c5ccccc5)c4c21)Sc1ccccc1S3. The van der Waals surface area contributed by atoms with Gasteiger partial charge in [-0.15, -0.1) is 0 Å². The van der Waals surface area contributed by atoms with E-state index in [4.69, 9.17) is 0 Å². The van der Waals surface area contributed by atoms with Crippen LogP contribution in [0.1, 0.15) is 25.0 Å². The van der Waals surface area contributed by atoms with Crippen molar-refractivity contribution < 1.29 is 0 Å². The van der Waals surface area contributed by atoms with Crippen LogP contribution in [0.25, 0.3) is 66.1 Å². The summed E-state index contributed by atoms with van der Waals surface area (Å²) >= 11 is 3.81. The number of nitrogens with zero attached hydrogens (tertiary/aromatic N) is 2. The lowest BCUT2D eigenvalue weighted by Gasteiger charge is -2.25. The molecule has 0 amide bonds. The van der Waals surface area contributed by atoms with Gasteiger partial charge in [0.05, 0.1) is 22.1 Å². The monoisotopic (exact) mass is 662 g/mol. The summed E-state index contributed by atoms with van der Waals surface area (Å²) in [4.78, 5) is 5.41. The molecule has 9 aromatic rings. The first-order valence-electron chi connectivity index (χ1n) is 16.9. The Morgan fingerprint density at radius 2 is 1.04 bits per heavy atom. The standard InChI is InChI=1S/C45H30N2S2/c1-45(2)35-26-42-41(48-39-18-10-11-19-40(39)49-42)25-33(35)31-21-22-32-29-14-6-9-17-37(29)47(44(32)43(31)45)28-20-23-38-34(24-28)30-15-7-8-16-36(30)46(38)27-12-4-3-5-13-27/h3-26H,1-2H3. The Kier molecular flexibility index (Phi) is 5.63. The van der Waals surface area contributed by atoms with Crippen molar-refractivity contribution in [3.05, 3.63) is 157 Å². The van der Waals surface area contributed by atoms with Crippen molar-refractivity contribution in [3.8, 4) is 22.5 Å². The smallest absolute Gasteiger partial charge is 0.0588 e. The topological polar surface area (TPSA) is 9.86 Å². The predicted octanol–water partition coefficient (Wildman–Crippen LogP) is 12.8.